The van der Waals surface area contributed by atoms with Crippen LogP contribution in [0.2, 0.25) is 0 Å². The average Bonchev–Trinajstić information content (AvgIpc) is 2.77. The van der Waals surface area contributed by atoms with Gasteiger partial charge < -0.3 is 5.73 Å². The van der Waals surface area contributed by atoms with Crippen molar-refractivity contribution in [1.82, 2.24) is 9.78 Å². The molecule has 1 heterocycles. The Bertz CT molecular complexity index is 610. The Morgan fingerprint density at radius 3 is 2.84 bits per heavy atom. The predicted octanol–water partition coefficient (Wildman–Crippen LogP) is 2.00. The monoisotopic (exact) mass is 264 g/mol. The van der Waals surface area contributed by atoms with Gasteiger partial charge >= 0.3 is 5.69 Å². The molecule has 0 fully saturated rings. The van der Waals surface area contributed by atoms with E-state index in [0.29, 0.717) is 12.1 Å². The van der Waals surface area contributed by atoms with Gasteiger partial charge in [0.1, 0.15) is 0 Å². The molecule has 0 bridgehead atoms. The normalized spacial score (nSPS) is 12.4. The molecule has 19 heavy (non-hydrogen) atoms. The number of nitrogens with zero attached hydrogens (tertiary/aromatic N) is 3. The van der Waals surface area contributed by atoms with E-state index in [0.717, 1.165) is 17.7 Å². The molecule has 0 aliphatic heterocycles. The first-order valence-corrected chi connectivity index (χ1v) is 5.68. The molecule has 1 aromatic carbocycles. The maximum atomic E-state index is 13.4. The first-order valence-electron chi connectivity index (χ1n) is 5.68. The van der Waals surface area contributed by atoms with Gasteiger partial charge in [0.25, 0.3) is 0 Å². The van der Waals surface area contributed by atoms with Crippen molar-refractivity contribution in [3.63, 3.8) is 0 Å². The Kier molecular flexibility index (Phi) is 3.57. The lowest BCUT2D eigenvalue weighted by atomic mass is 10.2. The van der Waals surface area contributed by atoms with Crippen LogP contribution in [0.1, 0.15) is 24.1 Å². The summed E-state index contributed by atoms with van der Waals surface area (Å²) in [5, 5.41) is 14.6. The fraction of sp³-hybridized carbons (Fsp3) is 0.250. The molecular formula is C12H13FN4O2. The molecule has 1 aromatic heterocycles. The number of nitrogens with two attached hydrogens (primary N) is 1. The molecule has 0 aliphatic carbocycles. The van der Waals surface area contributed by atoms with Crippen LogP contribution in [0.4, 0.5) is 10.1 Å². The van der Waals surface area contributed by atoms with Crippen LogP contribution in [-0.2, 0) is 6.54 Å². The molecule has 2 rings (SSSR count). The molecule has 0 spiro atoms. The number of nitro benzene ring substituents is 1. The molecule has 2 aromatic rings. The maximum absolute atomic E-state index is 13.4. The molecule has 0 saturated carbocycles. The second-order valence-electron chi connectivity index (χ2n) is 4.30. The third-order valence-corrected chi connectivity index (χ3v) is 2.73. The van der Waals surface area contributed by atoms with E-state index in [1.807, 2.05) is 6.92 Å². The maximum Gasteiger partial charge on any atom is 0.304 e. The zero-order valence-corrected chi connectivity index (χ0v) is 10.3. The van der Waals surface area contributed by atoms with Crippen molar-refractivity contribution in [3.8, 4) is 0 Å². The summed E-state index contributed by atoms with van der Waals surface area (Å²) in [5.74, 6) is -0.845. The third kappa shape index (κ3) is 2.94. The first-order chi connectivity index (χ1) is 8.97. The third-order valence-electron chi connectivity index (χ3n) is 2.73. The Labute approximate surface area is 108 Å². The Balaban J connectivity index is 2.19. The number of halogens is 1. The summed E-state index contributed by atoms with van der Waals surface area (Å²) < 4.78 is 15.1. The van der Waals surface area contributed by atoms with E-state index in [-0.39, 0.29) is 6.04 Å². The van der Waals surface area contributed by atoms with Crippen LogP contribution in [0.15, 0.2) is 30.6 Å². The minimum Gasteiger partial charge on any atom is -0.324 e. The van der Waals surface area contributed by atoms with Gasteiger partial charge in [-0.15, -0.1) is 0 Å². The number of hydrogen-bond donors (Lipinski definition) is 1. The summed E-state index contributed by atoms with van der Waals surface area (Å²) >= 11 is 0. The fourth-order valence-corrected chi connectivity index (χ4v) is 1.69. The van der Waals surface area contributed by atoms with Crippen LogP contribution in [-0.4, -0.2) is 14.7 Å². The second kappa shape index (κ2) is 5.15. The summed E-state index contributed by atoms with van der Waals surface area (Å²) in [6, 6.07) is 3.68. The minimum absolute atomic E-state index is 0.123. The lowest BCUT2D eigenvalue weighted by Crippen LogP contribution is -2.04. The van der Waals surface area contributed by atoms with Gasteiger partial charge in [-0.05, 0) is 18.6 Å². The molecule has 2 N–H and O–H groups in total. The Hall–Kier alpha value is -2.28. The second-order valence-corrected chi connectivity index (χ2v) is 4.30. The molecule has 7 heteroatoms. The molecule has 1 unspecified atom stereocenters. The van der Waals surface area contributed by atoms with Crippen molar-refractivity contribution in [2.24, 2.45) is 5.73 Å². The van der Waals surface area contributed by atoms with Crippen LogP contribution in [0.3, 0.4) is 0 Å². The molecular weight excluding hydrogens is 251 g/mol. The van der Waals surface area contributed by atoms with Crippen molar-refractivity contribution >= 4 is 5.69 Å². The molecule has 0 saturated heterocycles. The smallest absolute Gasteiger partial charge is 0.304 e. The van der Waals surface area contributed by atoms with Crippen LogP contribution in [0.25, 0.3) is 0 Å². The zero-order chi connectivity index (χ0) is 14.0. The zero-order valence-electron chi connectivity index (χ0n) is 10.3. The van der Waals surface area contributed by atoms with Crippen LogP contribution >= 0.6 is 0 Å². The number of aromatic nitrogens is 2. The van der Waals surface area contributed by atoms with Gasteiger partial charge in [-0.3, -0.25) is 14.8 Å². The highest BCUT2D eigenvalue weighted by Crippen LogP contribution is 2.18. The lowest BCUT2D eigenvalue weighted by Gasteiger charge is -2.03. The van der Waals surface area contributed by atoms with Gasteiger partial charge in [-0.2, -0.15) is 9.49 Å². The molecule has 1 atom stereocenters. The molecule has 100 valence electrons. The highest BCUT2D eigenvalue weighted by atomic mass is 19.1. The molecule has 0 amide bonds. The van der Waals surface area contributed by atoms with E-state index < -0.39 is 16.4 Å². The Morgan fingerprint density at radius 2 is 2.32 bits per heavy atom. The SMILES string of the molecule is CC(N)c1cnn(Cc2ccc([N+](=O)[O-])c(F)c2)c1. The fourth-order valence-electron chi connectivity index (χ4n) is 1.69. The summed E-state index contributed by atoms with van der Waals surface area (Å²) in [6.45, 7) is 2.18. The Morgan fingerprint density at radius 1 is 1.58 bits per heavy atom. The summed E-state index contributed by atoms with van der Waals surface area (Å²) in [7, 11) is 0. The van der Waals surface area contributed by atoms with Gasteiger partial charge in [0.2, 0.25) is 5.82 Å². The quantitative estimate of drug-likeness (QED) is 0.675. The van der Waals surface area contributed by atoms with Crippen molar-refractivity contribution in [2.45, 2.75) is 19.5 Å². The van der Waals surface area contributed by atoms with Crippen molar-refractivity contribution in [1.29, 1.82) is 0 Å². The van der Waals surface area contributed by atoms with Crippen molar-refractivity contribution < 1.29 is 9.31 Å². The van der Waals surface area contributed by atoms with Gasteiger partial charge in [-0.25, -0.2) is 0 Å². The predicted molar refractivity (Wildman–Crippen MR) is 67.0 cm³/mol. The van der Waals surface area contributed by atoms with E-state index in [2.05, 4.69) is 5.10 Å². The number of benzene rings is 1. The topological polar surface area (TPSA) is 87.0 Å². The average molecular weight is 264 g/mol. The first kappa shape index (κ1) is 13.2. The largest absolute Gasteiger partial charge is 0.324 e. The highest BCUT2D eigenvalue weighted by molar-refractivity contribution is 5.35. The molecule has 6 nitrogen and oxygen atoms in total. The number of nitro groups is 1. The van der Waals surface area contributed by atoms with E-state index >= 15 is 0 Å². The van der Waals surface area contributed by atoms with E-state index in [9.17, 15) is 14.5 Å². The van der Waals surface area contributed by atoms with Gasteiger partial charge in [0, 0.05) is 23.9 Å². The van der Waals surface area contributed by atoms with Crippen LogP contribution in [0, 0.1) is 15.9 Å². The van der Waals surface area contributed by atoms with Gasteiger partial charge in [-0.1, -0.05) is 6.07 Å². The summed E-state index contributed by atoms with van der Waals surface area (Å²) in [5.41, 5.74) is 6.66. The van der Waals surface area contributed by atoms with Gasteiger partial charge in [0.05, 0.1) is 17.7 Å². The van der Waals surface area contributed by atoms with Gasteiger partial charge in [0.15, 0.2) is 0 Å². The standard InChI is InChI=1S/C12H13FN4O2/c1-8(14)10-5-15-16(7-10)6-9-2-3-12(17(18)19)11(13)4-9/h2-5,7-8H,6,14H2,1H3. The van der Waals surface area contributed by atoms with Crippen LogP contribution < -0.4 is 5.73 Å². The van der Waals surface area contributed by atoms with Crippen molar-refractivity contribution in [3.05, 3.63) is 57.7 Å². The summed E-state index contributed by atoms with van der Waals surface area (Å²) in [4.78, 5) is 9.75. The molecule has 0 aliphatic rings. The summed E-state index contributed by atoms with van der Waals surface area (Å²) in [6.07, 6.45) is 3.41. The van der Waals surface area contributed by atoms with Crippen LogP contribution in [0.5, 0.6) is 0 Å². The van der Waals surface area contributed by atoms with E-state index in [1.165, 1.54) is 6.07 Å². The highest BCUT2D eigenvalue weighted by Gasteiger charge is 2.14. The van der Waals surface area contributed by atoms with Crippen molar-refractivity contribution in [2.75, 3.05) is 0 Å². The lowest BCUT2D eigenvalue weighted by molar-refractivity contribution is -0.387. The minimum atomic E-state index is -0.845. The number of hydrogen-bond acceptors (Lipinski definition) is 4. The number of rotatable bonds is 4. The van der Waals surface area contributed by atoms with E-state index in [4.69, 9.17) is 5.73 Å². The van der Waals surface area contributed by atoms with E-state index in [1.54, 1.807) is 17.1 Å². The molecule has 0 radical (unpaired) electrons.